The van der Waals surface area contributed by atoms with Crippen LogP contribution in [-0.2, 0) is 25.6 Å². The van der Waals surface area contributed by atoms with E-state index in [1.54, 1.807) is 31.2 Å². The number of halogens is 4. The van der Waals surface area contributed by atoms with E-state index in [4.69, 9.17) is 32.7 Å². The van der Waals surface area contributed by atoms with Gasteiger partial charge < -0.3 is 19.7 Å². The van der Waals surface area contributed by atoms with Gasteiger partial charge in [0, 0.05) is 15.6 Å². The average Bonchev–Trinajstić information content (AvgIpc) is 3.19. The molecule has 3 aromatic carbocycles. The smallest absolute Gasteiger partial charge is 0.305 e. The molecule has 2 heterocycles. The third-order valence-electron chi connectivity index (χ3n) is 7.96. The molecule has 2 aliphatic rings. The number of fused-ring (bicyclic) bond motifs is 1. The number of rotatable bonds is 10. The molecule has 2 aliphatic heterocycles. The van der Waals surface area contributed by atoms with E-state index in [-0.39, 0.29) is 41.9 Å². The third kappa shape index (κ3) is 5.29. The molecule has 3 aromatic rings. The van der Waals surface area contributed by atoms with Crippen molar-refractivity contribution >= 4 is 35.1 Å². The topological polar surface area (TPSA) is 96.3 Å². The standard InChI is InChI=1S/C31H29Cl2F2NO6/c1-3-29(2,40)20-12-23-27(24(34)13-20)31(19-6-10-22(33)11-7-19,42-17-30(35)15-41-16-30)36(28(23)39)25(14-26(37)38)18-4-8-21(32)9-5-18/h4-13,25,40H,3,14-17H2,1-2H3,(H,37,38)/t25-,29+,31+/m0/s1. The molecule has 2 N–H and O–H groups in total. The van der Waals surface area contributed by atoms with Crippen molar-refractivity contribution in [1.29, 1.82) is 0 Å². The quantitative estimate of drug-likeness (QED) is 0.273. The molecule has 0 saturated carbocycles. The van der Waals surface area contributed by atoms with Crippen LogP contribution >= 0.6 is 23.2 Å². The monoisotopic (exact) mass is 619 g/mol. The minimum Gasteiger partial charge on any atom is -0.481 e. The van der Waals surface area contributed by atoms with Crippen LogP contribution in [0.15, 0.2) is 60.7 Å². The summed E-state index contributed by atoms with van der Waals surface area (Å²) in [6.07, 6.45) is -0.371. The van der Waals surface area contributed by atoms with Crippen molar-refractivity contribution < 1.29 is 38.1 Å². The lowest BCUT2D eigenvalue weighted by atomic mass is 9.86. The van der Waals surface area contributed by atoms with E-state index in [2.05, 4.69) is 0 Å². The number of carbonyl (C=O) groups excluding carboxylic acids is 1. The lowest BCUT2D eigenvalue weighted by Crippen LogP contribution is -2.55. The molecule has 0 unspecified atom stereocenters. The number of ether oxygens (including phenoxy) is 2. The van der Waals surface area contributed by atoms with Gasteiger partial charge >= 0.3 is 5.97 Å². The Kier molecular flexibility index (Phi) is 8.10. The molecule has 0 radical (unpaired) electrons. The minimum atomic E-state index is -2.12. The Morgan fingerprint density at radius 2 is 1.71 bits per heavy atom. The van der Waals surface area contributed by atoms with Crippen LogP contribution in [0.1, 0.15) is 65.3 Å². The van der Waals surface area contributed by atoms with Crippen LogP contribution in [0.4, 0.5) is 8.78 Å². The van der Waals surface area contributed by atoms with Crippen LogP contribution in [-0.4, -0.2) is 52.5 Å². The second-order valence-corrected chi connectivity index (χ2v) is 11.8. The molecule has 1 saturated heterocycles. The molecule has 5 rings (SSSR count). The number of amides is 1. The zero-order chi connectivity index (χ0) is 30.4. The van der Waals surface area contributed by atoms with E-state index in [1.807, 2.05) is 0 Å². The van der Waals surface area contributed by atoms with E-state index < -0.39 is 53.8 Å². The van der Waals surface area contributed by atoms with Gasteiger partial charge in [-0.3, -0.25) is 14.5 Å². The fourth-order valence-corrected chi connectivity index (χ4v) is 5.67. The highest BCUT2D eigenvalue weighted by molar-refractivity contribution is 6.30. The van der Waals surface area contributed by atoms with Gasteiger partial charge in [0.05, 0.1) is 49.0 Å². The lowest BCUT2D eigenvalue weighted by molar-refractivity contribution is -0.209. The van der Waals surface area contributed by atoms with Gasteiger partial charge in [-0.1, -0.05) is 54.4 Å². The number of hydrogen-bond acceptors (Lipinski definition) is 5. The predicted octanol–water partition coefficient (Wildman–Crippen LogP) is 6.38. The summed E-state index contributed by atoms with van der Waals surface area (Å²) >= 11 is 12.3. The van der Waals surface area contributed by atoms with E-state index in [0.717, 1.165) is 11.0 Å². The summed E-state index contributed by atoms with van der Waals surface area (Å²) in [5.41, 5.74) is -5.12. The van der Waals surface area contributed by atoms with Crippen LogP contribution in [0.25, 0.3) is 0 Å². The Hall–Kier alpha value is -3.08. The van der Waals surface area contributed by atoms with Crippen molar-refractivity contribution in [2.24, 2.45) is 0 Å². The first-order chi connectivity index (χ1) is 19.8. The molecule has 0 spiro atoms. The zero-order valence-electron chi connectivity index (χ0n) is 22.9. The van der Waals surface area contributed by atoms with Gasteiger partial charge in [0.25, 0.3) is 5.91 Å². The van der Waals surface area contributed by atoms with E-state index >= 15 is 8.78 Å². The Balaban J connectivity index is 1.83. The summed E-state index contributed by atoms with van der Waals surface area (Å²) in [5, 5.41) is 21.7. The van der Waals surface area contributed by atoms with Crippen molar-refractivity contribution in [2.45, 2.75) is 49.7 Å². The van der Waals surface area contributed by atoms with Crippen molar-refractivity contribution in [1.82, 2.24) is 4.90 Å². The summed E-state index contributed by atoms with van der Waals surface area (Å²) in [6, 6.07) is 13.6. The molecular formula is C31H29Cl2F2NO6. The van der Waals surface area contributed by atoms with Gasteiger partial charge in [-0.25, -0.2) is 8.78 Å². The Morgan fingerprint density at radius 3 is 2.24 bits per heavy atom. The van der Waals surface area contributed by atoms with E-state index in [0.29, 0.717) is 15.6 Å². The molecule has 1 fully saturated rings. The number of carbonyl (C=O) groups is 2. The second kappa shape index (κ2) is 11.2. The molecule has 0 aromatic heterocycles. The number of carboxylic acids is 1. The molecule has 222 valence electrons. The number of hydrogen-bond donors (Lipinski definition) is 2. The Labute approximate surface area is 251 Å². The molecule has 3 atom stereocenters. The Morgan fingerprint density at radius 1 is 1.12 bits per heavy atom. The van der Waals surface area contributed by atoms with Crippen LogP contribution < -0.4 is 0 Å². The van der Waals surface area contributed by atoms with Gasteiger partial charge in [0.15, 0.2) is 5.67 Å². The first-order valence-electron chi connectivity index (χ1n) is 13.4. The molecule has 7 nitrogen and oxygen atoms in total. The number of alkyl halides is 1. The summed E-state index contributed by atoms with van der Waals surface area (Å²) in [6.45, 7) is 2.10. The summed E-state index contributed by atoms with van der Waals surface area (Å²) in [4.78, 5) is 27.9. The van der Waals surface area contributed by atoms with Crippen LogP contribution in [0.2, 0.25) is 10.0 Å². The maximum atomic E-state index is 16.5. The molecule has 1 amide bonds. The normalized spacial score (nSPS) is 21.4. The Bertz CT molecular complexity index is 1510. The number of carboxylic acid groups (broad SMARTS) is 1. The molecular weight excluding hydrogens is 591 g/mol. The van der Waals surface area contributed by atoms with Crippen LogP contribution in [0, 0.1) is 5.82 Å². The van der Waals surface area contributed by atoms with Gasteiger partial charge in [0.1, 0.15) is 5.82 Å². The maximum Gasteiger partial charge on any atom is 0.305 e. The molecule has 0 aliphatic carbocycles. The van der Waals surface area contributed by atoms with Gasteiger partial charge in [-0.15, -0.1) is 0 Å². The van der Waals surface area contributed by atoms with Crippen LogP contribution in [0.3, 0.4) is 0 Å². The van der Waals surface area contributed by atoms with Gasteiger partial charge in [0.2, 0.25) is 5.72 Å². The highest BCUT2D eigenvalue weighted by atomic mass is 35.5. The second-order valence-electron chi connectivity index (χ2n) is 10.9. The van der Waals surface area contributed by atoms with Gasteiger partial charge in [-0.2, -0.15) is 0 Å². The van der Waals surface area contributed by atoms with Crippen molar-refractivity contribution in [3.8, 4) is 0 Å². The summed E-state index contributed by atoms with van der Waals surface area (Å²) in [5.74, 6) is -2.88. The van der Waals surface area contributed by atoms with Crippen LogP contribution in [0.5, 0.6) is 0 Å². The largest absolute Gasteiger partial charge is 0.481 e. The van der Waals surface area contributed by atoms with Crippen molar-refractivity contribution in [3.05, 3.63) is 104 Å². The zero-order valence-corrected chi connectivity index (χ0v) is 24.4. The SMILES string of the molecule is CC[C@@](C)(O)c1cc(F)c2c(c1)C(=O)N([C@@H](CC(=O)O)c1ccc(Cl)cc1)[C@@]2(OCC1(F)COC1)c1ccc(Cl)cc1. The third-order valence-corrected chi connectivity index (χ3v) is 8.46. The summed E-state index contributed by atoms with van der Waals surface area (Å²) in [7, 11) is 0. The van der Waals surface area contributed by atoms with Gasteiger partial charge in [-0.05, 0) is 60.9 Å². The molecule has 0 bridgehead atoms. The highest BCUT2D eigenvalue weighted by Gasteiger charge is 2.58. The van der Waals surface area contributed by atoms with Crippen molar-refractivity contribution in [2.75, 3.05) is 19.8 Å². The number of benzene rings is 3. The minimum absolute atomic E-state index is 0.143. The number of aliphatic carboxylic acids is 1. The fourth-order valence-electron chi connectivity index (χ4n) is 5.42. The van der Waals surface area contributed by atoms with E-state index in [1.165, 1.54) is 37.3 Å². The van der Waals surface area contributed by atoms with Crippen molar-refractivity contribution in [3.63, 3.8) is 0 Å². The number of aliphatic hydroxyl groups is 1. The summed E-state index contributed by atoms with van der Waals surface area (Å²) < 4.78 is 43.3. The maximum absolute atomic E-state index is 16.5. The average molecular weight is 620 g/mol. The fraction of sp³-hybridized carbons (Fsp3) is 0.355. The first kappa shape index (κ1) is 30.4. The van der Waals surface area contributed by atoms with E-state index in [9.17, 15) is 19.8 Å². The molecule has 42 heavy (non-hydrogen) atoms. The number of nitrogens with zero attached hydrogens (tertiary/aromatic N) is 1. The first-order valence-corrected chi connectivity index (χ1v) is 14.1. The molecule has 11 heteroatoms. The highest BCUT2D eigenvalue weighted by Crippen LogP contribution is 2.52. The predicted molar refractivity (Wildman–Crippen MR) is 152 cm³/mol. The lowest BCUT2D eigenvalue weighted by Gasteiger charge is -2.45.